The van der Waals surface area contributed by atoms with E-state index >= 15 is 0 Å². The largest absolute Gasteiger partial charge is 0.508 e. The zero-order valence-electron chi connectivity index (χ0n) is 18.9. The third-order valence-corrected chi connectivity index (χ3v) is 4.69. The number of hydrogen-bond acceptors (Lipinski definition) is 3. The Hall–Kier alpha value is -2.81. The van der Waals surface area contributed by atoms with Crippen LogP contribution < -0.4 is 0 Å². The molecular formula is C28H38O3. The molecule has 3 heteroatoms. The Morgan fingerprint density at radius 1 is 0.806 bits per heavy atom. The number of phenolic OH excluding ortho intramolecular Hbond substituents is 1. The maximum Gasteiger partial charge on any atom is 0.330 e. The predicted octanol–water partition coefficient (Wildman–Crippen LogP) is 7.40. The lowest BCUT2D eigenvalue weighted by Gasteiger charge is -2.02. The summed E-state index contributed by atoms with van der Waals surface area (Å²) in [5, 5.41) is 9.23. The lowest BCUT2D eigenvalue weighted by molar-refractivity contribution is -0.137. The minimum Gasteiger partial charge on any atom is -0.508 e. The lowest BCUT2D eigenvalue weighted by Crippen LogP contribution is -2.04. The zero-order valence-corrected chi connectivity index (χ0v) is 18.9. The molecule has 3 nitrogen and oxygen atoms in total. The van der Waals surface area contributed by atoms with Crippen molar-refractivity contribution in [3.05, 3.63) is 90.6 Å². The number of ether oxygens (including phenoxy) is 1. The molecule has 0 saturated carbocycles. The average Bonchev–Trinajstić information content (AvgIpc) is 2.77. The highest BCUT2D eigenvalue weighted by atomic mass is 16.5. The molecule has 0 aromatic heterocycles. The summed E-state index contributed by atoms with van der Waals surface area (Å²) in [7, 11) is 0. The highest BCUT2D eigenvalue weighted by Crippen LogP contribution is 2.10. The van der Waals surface area contributed by atoms with Gasteiger partial charge >= 0.3 is 5.97 Å². The van der Waals surface area contributed by atoms with Crippen molar-refractivity contribution < 1.29 is 14.6 Å². The molecule has 0 saturated heterocycles. The summed E-state index contributed by atoms with van der Waals surface area (Å²) >= 11 is 0. The van der Waals surface area contributed by atoms with Gasteiger partial charge < -0.3 is 9.84 Å². The third-order valence-electron chi connectivity index (χ3n) is 4.69. The number of carbonyl (C=O) groups excluding carboxylic acids is 1. The first kappa shape index (κ1) is 26.2. The maximum atomic E-state index is 11.6. The fourth-order valence-electron chi connectivity index (χ4n) is 2.89. The van der Waals surface area contributed by atoms with Crippen LogP contribution in [-0.4, -0.2) is 17.7 Å². The van der Waals surface area contributed by atoms with Crippen LogP contribution >= 0.6 is 0 Å². The number of hydrogen-bond donors (Lipinski definition) is 1. The SMILES string of the molecule is CCCCCCCCCC=CC=CC=CC=CC=CC(=O)OCCc1ccc(O)cc1. The van der Waals surface area contributed by atoms with Crippen LogP contribution in [0.2, 0.25) is 0 Å². The molecule has 0 amide bonds. The molecule has 0 bridgehead atoms. The molecule has 0 aliphatic carbocycles. The highest BCUT2D eigenvalue weighted by molar-refractivity contribution is 5.82. The van der Waals surface area contributed by atoms with Crippen molar-refractivity contribution in [3.63, 3.8) is 0 Å². The molecule has 1 aromatic carbocycles. The van der Waals surface area contributed by atoms with Gasteiger partial charge in [0.15, 0.2) is 0 Å². The minimum atomic E-state index is -0.363. The van der Waals surface area contributed by atoms with Crippen molar-refractivity contribution in [2.45, 2.75) is 64.7 Å². The fraction of sp³-hybridized carbons (Fsp3) is 0.393. The Morgan fingerprint density at radius 2 is 1.39 bits per heavy atom. The van der Waals surface area contributed by atoms with E-state index in [-0.39, 0.29) is 11.7 Å². The van der Waals surface area contributed by atoms with E-state index in [1.807, 2.05) is 42.5 Å². The first-order valence-corrected chi connectivity index (χ1v) is 11.5. The van der Waals surface area contributed by atoms with Gasteiger partial charge in [0.2, 0.25) is 0 Å². The van der Waals surface area contributed by atoms with Crippen LogP contribution in [0.3, 0.4) is 0 Å². The van der Waals surface area contributed by atoms with E-state index in [1.54, 1.807) is 24.3 Å². The smallest absolute Gasteiger partial charge is 0.330 e. The molecule has 1 N–H and O–H groups in total. The molecule has 0 aliphatic rings. The lowest BCUT2D eigenvalue weighted by atomic mass is 10.1. The standard InChI is InChI=1S/C28H38O3/c1-2-3-4-5-6-7-8-9-10-11-12-13-14-15-16-17-18-19-28(30)31-25-24-26-20-22-27(29)23-21-26/h10-23,29H,2-9,24-25H2,1H3. The van der Waals surface area contributed by atoms with E-state index in [0.717, 1.165) is 12.0 Å². The molecule has 0 heterocycles. The topological polar surface area (TPSA) is 46.5 Å². The number of aromatic hydroxyl groups is 1. The second-order valence-electron chi connectivity index (χ2n) is 7.44. The summed E-state index contributed by atoms with van der Waals surface area (Å²) in [4.78, 5) is 11.6. The number of allylic oxidation sites excluding steroid dienone is 9. The zero-order chi connectivity index (χ0) is 22.4. The second-order valence-corrected chi connectivity index (χ2v) is 7.44. The quantitative estimate of drug-likeness (QED) is 0.131. The van der Waals surface area contributed by atoms with Crippen LogP contribution in [0.1, 0.15) is 63.9 Å². The van der Waals surface area contributed by atoms with E-state index in [0.29, 0.717) is 13.0 Å². The first-order valence-electron chi connectivity index (χ1n) is 11.5. The van der Waals surface area contributed by atoms with Gasteiger partial charge in [-0.15, -0.1) is 0 Å². The van der Waals surface area contributed by atoms with Gasteiger partial charge in [-0.1, -0.05) is 112 Å². The van der Waals surface area contributed by atoms with Crippen molar-refractivity contribution in [2.75, 3.05) is 6.61 Å². The van der Waals surface area contributed by atoms with Crippen molar-refractivity contribution in [1.29, 1.82) is 0 Å². The summed E-state index contributed by atoms with van der Waals surface area (Å²) in [5.41, 5.74) is 1.01. The van der Waals surface area contributed by atoms with Crippen molar-refractivity contribution >= 4 is 5.97 Å². The summed E-state index contributed by atoms with van der Waals surface area (Å²) in [6.07, 6.45) is 30.2. The van der Waals surface area contributed by atoms with Crippen molar-refractivity contribution in [2.24, 2.45) is 0 Å². The number of benzene rings is 1. The van der Waals surface area contributed by atoms with E-state index in [2.05, 4.69) is 19.1 Å². The summed E-state index contributed by atoms with van der Waals surface area (Å²) in [6, 6.07) is 6.87. The molecule has 0 aliphatic heterocycles. The predicted molar refractivity (Wildman–Crippen MR) is 131 cm³/mol. The number of unbranched alkanes of at least 4 members (excludes halogenated alkanes) is 7. The maximum absolute atomic E-state index is 11.6. The van der Waals surface area contributed by atoms with Gasteiger partial charge in [0.05, 0.1) is 6.61 Å². The van der Waals surface area contributed by atoms with E-state index in [1.165, 1.54) is 51.0 Å². The van der Waals surface area contributed by atoms with Gasteiger partial charge in [-0.3, -0.25) is 0 Å². The van der Waals surface area contributed by atoms with Crippen LogP contribution in [0, 0.1) is 0 Å². The summed E-state index contributed by atoms with van der Waals surface area (Å²) in [5.74, 6) is -0.131. The minimum absolute atomic E-state index is 0.232. The van der Waals surface area contributed by atoms with Gasteiger partial charge in [-0.2, -0.15) is 0 Å². The molecule has 0 radical (unpaired) electrons. The number of esters is 1. The molecule has 0 spiro atoms. The van der Waals surface area contributed by atoms with Crippen molar-refractivity contribution in [1.82, 2.24) is 0 Å². The molecule has 0 atom stereocenters. The Kier molecular flexibility index (Phi) is 16.2. The van der Waals surface area contributed by atoms with Crippen molar-refractivity contribution in [3.8, 4) is 5.75 Å². The molecular weight excluding hydrogens is 384 g/mol. The van der Waals surface area contributed by atoms with Gasteiger partial charge in [-0.05, 0) is 30.5 Å². The molecule has 1 rings (SSSR count). The van der Waals surface area contributed by atoms with Crippen LogP contribution in [0.25, 0.3) is 0 Å². The van der Waals surface area contributed by atoms with Crippen LogP contribution in [-0.2, 0) is 16.0 Å². The Bertz CT molecular complexity index is 721. The van der Waals surface area contributed by atoms with Crippen LogP contribution in [0.4, 0.5) is 0 Å². The molecule has 0 fully saturated rings. The Morgan fingerprint density at radius 3 is 2.06 bits per heavy atom. The van der Waals surface area contributed by atoms with Gasteiger partial charge in [0.1, 0.15) is 5.75 Å². The monoisotopic (exact) mass is 422 g/mol. The van der Waals surface area contributed by atoms with Gasteiger partial charge in [0.25, 0.3) is 0 Å². The number of carbonyl (C=O) groups is 1. The number of rotatable bonds is 16. The molecule has 0 unspecified atom stereocenters. The highest BCUT2D eigenvalue weighted by Gasteiger charge is 1.98. The van der Waals surface area contributed by atoms with Gasteiger partial charge in [-0.25, -0.2) is 4.79 Å². The third kappa shape index (κ3) is 16.7. The van der Waals surface area contributed by atoms with Gasteiger partial charge in [0, 0.05) is 12.5 Å². The van der Waals surface area contributed by atoms with Crippen LogP contribution in [0.5, 0.6) is 5.75 Å². The second kappa shape index (κ2) is 19.2. The Labute approximate surface area is 188 Å². The normalized spacial score (nSPS) is 12.3. The average molecular weight is 423 g/mol. The first-order chi connectivity index (χ1) is 15.2. The molecule has 168 valence electrons. The summed E-state index contributed by atoms with van der Waals surface area (Å²) < 4.78 is 5.15. The Balaban J connectivity index is 2.04. The van der Waals surface area contributed by atoms with E-state index in [4.69, 9.17) is 4.74 Å². The molecule has 31 heavy (non-hydrogen) atoms. The molecule has 1 aromatic rings. The van der Waals surface area contributed by atoms with E-state index in [9.17, 15) is 9.90 Å². The van der Waals surface area contributed by atoms with Crippen LogP contribution in [0.15, 0.2) is 85.0 Å². The van der Waals surface area contributed by atoms with E-state index < -0.39 is 0 Å². The number of phenols is 1. The summed E-state index contributed by atoms with van der Waals surface area (Å²) in [6.45, 7) is 2.57. The fourth-order valence-corrected chi connectivity index (χ4v) is 2.89.